The van der Waals surface area contributed by atoms with Crippen molar-refractivity contribution in [3.63, 3.8) is 0 Å². The van der Waals surface area contributed by atoms with Gasteiger partial charge in [0.15, 0.2) is 6.10 Å². The Balaban J connectivity index is 1.35. The Bertz CT molecular complexity index is 1140. The van der Waals surface area contributed by atoms with E-state index in [1.54, 1.807) is 0 Å². The molecule has 0 fully saturated rings. The average Bonchev–Trinajstić information content (AvgIpc) is 2.92. The van der Waals surface area contributed by atoms with Crippen LogP contribution in [0.25, 0.3) is 0 Å². The van der Waals surface area contributed by atoms with Crippen LogP contribution in [0.5, 0.6) is 0 Å². The first-order chi connectivity index (χ1) is 17.1. The number of carbonyl (C=O) groups is 1. The predicted molar refractivity (Wildman–Crippen MR) is 139 cm³/mol. The van der Waals surface area contributed by atoms with Gasteiger partial charge in [0.2, 0.25) is 0 Å². The molecular formula is C31H31NO3. The Hall–Kier alpha value is -3.73. The maximum atomic E-state index is 13.0. The van der Waals surface area contributed by atoms with Crippen molar-refractivity contribution in [2.24, 2.45) is 0 Å². The van der Waals surface area contributed by atoms with Gasteiger partial charge in [-0.3, -0.25) is 0 Å². The zero-order valence-corrected chi connectivity index (χ0v) is 19.9. The zero-order chi connectivity index (χ0) is 24.5. The molecule has 4 nitrogen and oxygen atoms in total. The molecule has 2 atom stereocenters. The highest BCUT2D eigenvalue weighted by atomic mass is 16.5. The number of esters is 1. The second-order valence-electron chi connectivity index (χ2n) is 8.74. The third-order valence-electron chi connectivity index (χ3n) is 6.01. The van der Waals surface area contributed by atoms with Gasteiger partial charge in [-0.25, -0.2) is 4.79 Å². The molecule has 0 aliphatic rings. The van der Waals surface area contributed by atoms with Gasteiger partial charge in [0, 0.05) is 12.6 Å². The van der Waals surface area contributed by atoms with E-state index in [1.165, 1.54) is 0 Å². The predicted octanol–water partition coefficient (Wildman–Crippen LogP) is 5.89. The molecule has 4 heteroatoms. The van der Waals surface area contributed by atoms with Crippen molar-refractivity contribution in [3.8, 4) is 0 Å². The molecule has 0 bridgehead atoms. The summed E-state index contributed by atoms with van der Waals surface area (Å²) < 4.78 is 5.96. The number of nitrogens with one attached hydrogen (secondary N) is 1. The summed E-state index contributed by atoms with van der Waals surface area (Å²) in [7, 11) is 0. The maximum absolute atomic E-state index is 13.0. The van der Waals surface area contributed by atoms with Gasteiger partial charge in [0.25, 0.3) is 0 Å². The van der Waals surface area contributed by atoms with Gasteiger partial charge in [-0.1, -0.05) is 103 Å². The first-order valence-corrected chi connectivity index (χ1v) is 12.0. The lowest BCUT2D eigenvalue weighted by Crippen LogP contribution is -2.32. The third kappa shape index (κ3) is 6.89. The van der Waals surface area contributed by atoms with E-state index >= 15 is 0 Å². The highest BCUT2D eigenvalue weighted by Crippen LogP contribution is 2.27. The normalized spacial score (nSPS) is 12.8. The minimum atomic E-state index is -0.544. The minimum absolute atomic E-state index is 0.173. The van der Waals surface area contributed by atoms with Gasteiger partial charge >= 0.3 is 5.97 Å². The highest BCUT2D eigenvalue weighted by molar-refractivity contribution is 5.89. The molecule has 178 valence electrons. The van der Waals surface area contributed by atoms with Gasteiger partial charge in [-0.15, -0.1) is 0 Å². The number of benzene rings is 4. The van der Waals surface area contributed by atoms with Crippen molar-refractivity contribution < 1.29 is 14.6 Å². The largest absolute Gasteiger partial charge is 0.449 e. The number of ether oxygens (including phenoxy) is 1. The fourth-order valence-corrected chi connectivity index (χ4v) is 4.07. The molecule has 4 aromatic rings. The average molecular weight is 466 g/mol. The molecule has 0 spiro atoms. The molecule has 4 aromatic carbocycles. The molecule has 0 aliphatic heterocycles. The molecule has 0 saturated heterocycles. The van der Waals surface area contributed by atoms with Gasteiger partial charge in [-0.2, -0.15) is 0 Å². The summed E-state index contributed by atoms with van der Waals surface area (Å²) in [6, 6.07) is 36.9. The van der Waals surface area contributed by atoms with E-state index in [0.29, 0.717) is 12.1 Å². The topological polar surface area (TPSA) is 58.6 Å². The van der Waals surface area contributed by atoms with Crippen LogP contribution in [-0.2, 0) is 11.2 Å². The molecular weight excluding hydrogens is 434 g/mol. The number of hydrogen-bond acceptors (Lipinski definition) is 4. The summed E-state index contributed by atoms with van der Waals surface area (Å²) in [6.07, 6.45) is -0.226. The van der Waals surface area contributed by atoms with Crippen molar-refractivity contribution in [2.75, 3.05) is 6.54 Å². The molecule has 0 amide bonds. The van der Waals surface area contributed by atoms with Crippen LogP contribution in [0.1, 0.15) is 51.7 Å². The molecule has 0 aromatic heterocycles. The van der Waals surface area contributed by atoms with Crippen molar-refractivity contribution in [3.05, 3.63) is 143 Å². The maximum Gasteiger partial charge on any atom is 0.339 e. The summed E-state index contributed by atoms with van der Waals surface area (Å²) >= 11 is 0. The third-order valence-corrected chi connectivity index (χ3v) is 6.01. The van der Waals surface area contributed by atoms with Gasteiger partial charge in [0.1, 0.15) is 0 Å². The molecule has 0 saturated carbocycles. The standard InChI is InChI=1S/C31H31NO3/c1-23(32-22-29(33)25-11-5-2-6-12-25)21-24-17-19-28(20-18-24)31(34)35-30(26-13-7-3-8-14-26)27-15-9-4-10-16-27/h2-20,23,29-30,32-33H,21-22H2,1H3. The van der Waals surface area contributed by atoms with E-state index in [4.69, 9.17) is 4.74 Å². The van der Waals surface area contributed by atoms with E-state index in [0.717, 1.165) is 28.7 Å². The highest BCUT2D eigenvalue weighted by Gasteiger charge is 2.20. The van der Waals surface area contributed by atoms with Gasteiger partial charge in [-0.05, 0) is 47.7 Å². The van der Waals surface area contributed by atoms with Gasteiger partial charge in [0.05, 0.1) is 11.7 Å². The number of carbonyl (C=O) groups excluding carboxylic acids is 1. The van der Waals surface area contributed by atoms with Crippen LogP contribution in [0.3, 0.4) is 0 Å². The first kappa shape index (κ1) is 24.4. The molecule has 0 heterocycles. The monoisotopic (exact) mass is 465 g/mol. The van der Waals surface area contributed by atoms with Crippen LogP contribution in [0.15, 0.2) is 115 Å². The molecule has 4 rings (SSSR count). The van der Waals surface area contributed by atoms with E-state index in [9.17, 15) is 9.90 Å². The summed E-state index contributed by atoms with van der Waals surface area (Å²) in [6.45, 7) is 2.57. The molecule has 35 heavy (non-hydrogen) atoms. The zero-order valence-electron chi connectivity index (χ0n) is 19.9. The van der Waals surface area contributed by atoms with E-state index in [1.807, 2.05) is 115 Å². The SMILES string of the molecule is CC(Cc1ccc(C(=O)OC(c2ccccc2)c2ccccc2)cc1)NCC(O)c1ccccc1. The van der Waals surface area contributed by atoms with Crippen LogP contribution in [0, 0.1) is 0 Å². The Morgan fingerprint density at radius 2 is 1.23 bits per heavy atom. The van der Waals surface area contributed by atoms with Crippen molar-refractivity contribution in [2.45, 2.75) is 31.6 Å². The fraction of sp³-hybridized carbons (Fsp3) is 0.194. The number of aliphatic hydroxyl groups excluding tert-OH is 1. The molecule has 0 aliphatic carbocycles. The molecule has 2 N–H and O–H groups in total. The fourth-order valence-electron chi connectivity index (χ4n) is 4.07. The number of hydrogen-bond donors (Lipinski definition) is 2. The van der Waals surface area contributed by atoms with E-state index in [2.05, 4.69) is 12.2 Å². The van der Waals surface area contributed by atoms with Crippen molar-refractivity contribution >= 4 is 5.97 Å². The lowest BCUT2D eigenvalue weighted by atomic mass is 10.0. The Morgan fingerprint density at radius 3 is 1.74 bits per heavy atom. The molecule has 2 unspecified atom stereocenters. The van der Waals surface area contributed by atoms with Crippen LogP contribution in [-0.4, -0.2) is 23.7 Å². The summed E-state index contributed by atoms with van der Waals surface area (Å²) in [5.41, 5.74) is 4.39. The molecule has 0 radical (unpaired) electrons. The second kappa shape index (κ2) is 12.1. The number of rotatable bonds is 10. The van der Waals surface area contributed by atoms with E-state index < -0.39 is 12.2 Å². The quantitative estimate of drug-likeness (QED) is 0.287. The lowest BCUT2D eigenvalue weighted by molar-refractivity contribution is 0.0378. The van der Waals surface area contributed by atoms with E-state index in [-0.39, 0.29) is 12.0 Å². The van der Waals surface area contributed by atoms with Crippen molar-refractivity contribution in [1.29, 1.82) is 0 Å². The van der Waals surface area contributed by atoms with Crippen LogP contribution in [0.4, 0.5) is 0 Å². The minimum Gasteiger partial charge on any atom is -0.449 e. The van der Waals surface area contributed by atoms with Crippen LogP contribution in [0.2, 0.25) is 0 Å². The Labute approximate surface area is 207 Å². The van der Waals surface area contributed by atoms with Crippen LogP contribution >= 0.6 is 0 Å². The summed E-state index contributed by atoms with van der Waals surface area (Å²) in [5.74, 6) is -0.355. The van der Waals surface area contributed by atoms with Gasteiger partial charge < -0.3 is 15.2 Å². The summed E-state index contributed by atoms with van der Waals surface area (Å²) in [4.78, 5) is 13.0. The second-order valence-corrected chi connectivity index (χ2v) is 8.74. The lowest BCUT2D eigenvalue weighted by Gasteiger charge is -2.19. The van der Waals surface area contributed by atoms with Crippen molar-refractivity contribution in [1.82, 2.24) is 5.32 Å². The Kier molecular flexibility index (Phi) is 8.44. The Morgan fingerprint density at radius 1 is 0.743 bits per heavy atom. The summed E-state index contributed by atoms with van der Waals surface area (Å²) in [5, 5.41) is 13.7. The van der Waals surface area contributed by atoms with Crippen LogP contribution < -0.4 is 5.32 Å². The first-order valence-electron chi connectivity index (χ1n) is 12.0. The smallest absolute Gasteiger partial charge is 0.339 e. The number of aliphatic hydroxyl groups is 1.